The molecule has 110 valence electrons. The van der Waals surface area contributed by atoms with Gasteiger partial charge in [0.2, 0.25) is 0 Å². The zero-order chi connectivity index (χ0) is 15.6. The summed E-state index contributed by atoms with van der Waals surface area (Å²) < 4.78 is 23.7. The molecule has 5 nitrogen and oxygen atoms in total. The standard InChI is InChI=1S/C14H15N3O2S2/c1-9-5-3-4-6-10(9)8-17-14-13(21(2,18)19)12(16)11(7-15)20-14/h3-6,17H,8,16H2,1-2H3. The molecule has 0 aliphatic carbocycles. The Bertz CT molecular complexity index is 817. The Morgan fingerprint density at radius 1 is 1.38 bits per heavy atom. The predicted molar refractivity (Wildman–Crippen MR) is 85.1 cm³/mol. The molecule has 0 amide bonds. The van der Waals surface area contributed by atoms with Crippen molar-refractivity contribution in [2.24, 2.45) is 0 Å². The van der Waals surface area contributed by atoms with Gasteiger partial charge in [-0.3, -0.25) is 0 Å². The van der Waals surface area contributed by atoms with Crippen LogP contribution >= 0.6 is 11.3 Å². The minimum atomic E-state index is -3.50. The number of hydrogen-bond donors (Lipinski definition) is 2. The molecule has 0 atom stereocenters. The zero-order valence-corrected chi connectivity index (χ0v) is 13.3. The van der Waals surface area contributed by atoms with E-state index in [9.17, 15) is 8.42 Å². The molecule has 0 bridgehead atoms. The van der Waals surface area contributed by atoms with Crippen molar-refractivity contribution in [3.63, 3.8) is 0 Å². The van der Waals surface area contributed by atoms with Crippen LogP contribution in [-0.2, 0) is 16.4 Å². The minimum absolute atomic E-state index is 0.0117. The molecule has 1 heterocycles. The molecule has 7 heteroatoms. The summed E-state index contributed by atoms with van der Waals surface area (Å²) in [5, 5.41) is 12.5. The van der Waals surface area contributed by atoms with Gasteiger partial charge in [0.15, 0.2) is 9.84 Å². The second-order valence-corrected chi connectivity index (χ2v) is 7.64. The number of hydrogen-bond acceptors (Lipinski definition) is 6. The Morgan fingerprint density at radius 3 is 2.62 bits per heavy atom. The van der Waals surface area contributed by atoms with Crippen LogP contribution in [0.15, 0.2) is 29.2 Å². The SMILES string of the molecule is Cc1ccccc1CNc1sc(C#N)c(N)c1S(C)(=O)=O. The fourth-order valence-electron chi connectivity index (χ4n) is 1.98. The van der Waals surface area contributed by atoms with Crippen LogP contribution in [0.3, 0.4) is 0 Å². The van der Waals surface area contributed by atoms with Crippen molar-refractivity contribution in [3.05, 3.63) is 40.3 Å². The van der Waals surface area contributed by atoms with Gasteiger partial charge < -0.3 is 11.1 Å². The molecular weight excluding hydrogens is 306 g/mol. The van der Waals surface area contributed by atoms with E-state index in [4.69, 9.17) is 11.0 Å². The van der Waals surface area contributed by atoms with Gasteiger partial charge in [-0.05, 0) is 18.1 Å². The highest BCUT2D eigenvalue weighted by molar-refractivity contribution is 7.91. The monoisotopic (exact) mass is 321 g/mol. The Kier molecular flexibility index (Phi) is 4.21. The maximum absolute atomic E-state index is 11.9. The summed E-state index contributed by atoms with van der Waals surface area (Å²) in [6, 6.07) is 9.74. The lowest BCUT2D eigenvalue weighted by Crippen LogP contribution is -2.06. The smallest absolute Gasteiger partial charge is 0.180 e. The van der Waals surface area contributed by atoms with Crippen molar-refractivity contribution >= 4 is 31.9 Å². The molecule has 0 aliphatic rings. The van der Waals surface area contributed by atoms with Gasteiger partial charge in [0.1, 0.15) is 20.8 Å². The second-order valence-electron chi connectivity index (χ2n) is 4.67. The summed E-state index contributed by atoms with van der Waals surface area (Å²) in [6.07, 6.45) is 1.09. The Hall–Kier alpha value is -2.04. The molecule has 0 radical (unpaired) electrons. The molecular formula is C14H15N3O2S2. The Balaban J connectivity index is 2.37. The number of anilines is 2. The number of benzene rings is 1. The average molecular weight is 321 g/mol. The molecule has 1 aromatic heterocycles. The van der Waals surface area contributed by atoms with Gasteiger partial charge in [-0.2, -0.15) is 5.26 Å². The molecule has 3 N–H and O–H groups in total. The van der Waals surface area contributed by atoms with Crippen LogP contribution in [0.25, 0.3) is 0 Å². The van der Waals surface area contributed by atoms with Crippen LogP contribution < -0.4 is 11.1 Å². The maximum atomic E-state index is 11.9. The third-order valence-electron chi connectivity index (χ3n) is 3.07. The van der Waals surface area contributed by atoms with E-state index in [2.05, 4.69) is 5.32 Å². The van der Waals surface area contributed by atoms with Crippen LogP contribution in [0.5, 0.6) is 0 Å². The molecule has 2 aromatic rings. The van der Waals surface area contributed by atoms with Gasteiger partial charge in [0.25, 0.3) is 0 Å². The molecule has 0 spiro atoms. The van der Waals surface area contributed by atoms with E-state index in [0.717, 1.165) is 28.7 Å². The van der Waals surface area contributed by atoms with E-state index in [1.54, 1.807) is 0 Å². The normalized spacial score (nSPS) is 11.1. The van der Waals surface area contributed by atoms with E-state index in [1.165, 1.54) is 0 Å². The molecule has 0 aliphatic heterocycles. The largest absolute Gasteiger partial charge is 0.396 e. The lowest BCUT2D eigenvalue weighted by molar-refractivity contribution is 0.603. The van der Waals surface area contributed by atoms with Crippen molar-refractivity contribution in [1.82, 2.24) is 0 Å². The van der Waals surface area contributed by atoms with Gasteiger partial charge in [0.05, 0.1) is 5.69 Å². The first-order chi connectivity index (χ1) is 9.84. The molecule has 0 saturated heterocycles. The Labute approximate surface area is 127 Å². The number of nitrogens with two attached hydrogens (primary N) is 1. The first kappa shape index (κ1) is 15.4. The van der Waals surface area contributed by atoms with Crippen LogP contribution in [-0.4, -0.2) is 14.7 Å². The highest BCUT2D eigenvalue weighted by atomic mass is 32.2. The van der Waals surface area contributed by atoms with Crippen molar-refractivity contribution in [2.75, 3.05) is 17.3 Å². The number of nitriles is 1. The molecule has 0 unspecified atom stereocenters. The van der Waals surface area contributed by atoms with Crippen LogP contribution in [0.1, 0.15) is 16.0 Å². The summed E-state index contributed by atoms with van der Waals surface area (Å²) in [6.45, 7) is 2.46. The molecule has 0 saturated carbocycles. The van der Waals surface area contributed by atoms with Gasteiger partial charge in [-0.15, -0.1) is 11.3 Å². The van der Waals surface area contributed by atoms with E-state index >= 15 is 0 Å². The Morgan fingerprint density at radius 2 is 2.05 bits per heavy atom. The summed E-state index contributed by atoms with van der Waals surface area (Å²) in [7, 11) is -3.50. The van der Waals surface area contributed by atoms with Crippen molar-refractivity contribution < 1.29 is 8.42 Å². The quantitative estimate of drug-likeness (QED) is 0.902. The predicted octanol–water partition coefficient (Wildman–Crippen LogP) is 2.53. The maximum Gasteiger partial charge on any atom is 0.180 e. The van der Waals surface area contributed by atoms with Gasteiger partial charge in [0, 0.05) is 12.8 Å². The van der Waals surface area contributed by atoms with E-state index in [1.807, 2.05) is 37.3 Å². The van der Waals surface area contributed by atoms with Crippen molar-refractivity contribution in [3.8, 4) is 6.07 Å². The lowest BCUT2D eigenvalue weighted by atomic mass is 10.1. The summed E-state index contributed by atoms with van der Waals surface area (Å²) in [5.41, 5.74) is 7.96. The number of thiophene rings is 1. The van der Waals surface area contributed by atoms with E-state index < -0.39 is 9.84 Å². The molecule has 1 aromatic carbocycles. The first-order valence-corrected chi connectivity index (χ1v) is 8.86. The fraction of sp³-hybridized carbons (Fsp3) is 0.214. The zero-order valence-electron chi connectivity index (χ0n) is 11.7. The fourth-order valence-corrected chi connectivity index (χ4v) is 4.34. The highest BCUT2D eigenvalue weighted by Gasteiger charge is 2.23. The summed E-state index contributed by atoms with van der Waals surface area (Å²) in [4.78, 5) is 0.223. The summed E-state index contributed by atoms with van der Waals surface area (Å²) in [5.74, 6) is 0. The van der Waals surface area contributed by atoms with Crippen molar-refractivity contribution in [2.45, 2.75) is 18.4 Å². The molecule has 2 rings (SSSR count). The number of nitrogens with one attached hydrogen (secondary N) is 1. The molecule has 21 heavy (non-hydrogen) atoms. The topological polar surface area (TPSA) is 96.0 Å². The summed E-state index contributed by atoms with van der Waals surface area (Å²) >= 11 is 1.06. The third-order valence-corrected chi connectivity index (χ3v) is 5.44. The van der Waals surface area contributed by atoms with Gasteiger partial charge in [-0.1, -0.05) is 24.3 Å². The van der Waals surface area contributed by atoms with Crippen LogP contribution in [0.4, 0.5) is 10.7 Å². The van der Waals surface area contributed by atoms with Gasteiger partial charge >= 0.3 is 0 Å². The number of nitrogen functional groups attached to an aromatic ring is 1. The minimum Gasteiger partial charge on any atom is -0.396 e. The van der Waals surface area contributed by atoms with Crippen LogP contribution in [0, 0.1) is 18.3 Å². The first-order valence-electron chi connectivity index (χ1n) is 6.15. The van der Waals surface area contributed by atoms with Crippen LogP contribution in [0.2, 0.25) is 0 Å². The average Bonchev–Trinajstić information content (AvgIpc) is 2.74. The van der Waals surface area contributed by atoms with Crippen molar-refractivity contribution in [1.29, 1.82) is 5.26 Å². The van der Waals surface area contributed by atoms with Gasteiger partial charge in [-0.25, -0.2) is 8.42 Å². The van der Waals surface area contributed by atoms with E-state index in [0.29, 0.717) is 11.5 Å². The highest BCUT2D eigenvalue weighted by Crippen LogP contribution is 2.38. The van der Waals surface area contributed by atoms with E-state index in [-0.39, 0.29) is 15.5 Å². The lowest BCUT2D eigenvalue weighted by Gasteiger charge is -2.09. The molecule has 0 fully saturated rings. The second kappa shape index (κ2) is 5.76. The number of sulfone groups is 1. The third kappa shape index (κ3) is 3.17. The number of aryl methyl sites for hydroxylation is 1. The number of rotatable bonds is 4. The number of nitrogens with zero attached hydrogens (tertiary/aromatic N) is 1.